The molecule has 1 aromatic heterocycles. The van der Waals surface area contributed by atoms with Gasteiger partial charge in [-0.25, -0.2) is 13.8 Å². The van der Waals surface area contributed by atoms with E-state index in [9.17, 15) is 23.8 Å². The third-order valence-corrected chi connectivity index (χ3v) is 5.10. The zero-order valence-electron chi connectivity index (χ0n) is 18.3. The van der Waals surface area contributed by atoms with Crippen LogP contribution in [0.25, 0.3) is 28.8 Å². The molecule has 0 radical (unpaired) electrons. The second kappa shape index (κ2) is 10.5. The van der Waals surface area contributed by atoms with Crippen LogP contribution in [0.1, 0.15) is 38.3 Å². The van der Waals surface area contributed by atoms with Crippen LogP contribution in [0.4, 0.5) is 8.78 Å². The molecule has 3 aromatic rings. The second-order valence-corrected chi connectivity index (χ2v) is 8.10. The Hall–Kier alpha value is -3.36. The van der Waals surface area contributed by atoms with Gasteiger partial charge in [0.25, 0.3) is 0 Å². The van der Waals surface area contributed by atoms with E-state index in [1.54, 1.807) is 35.0 Å². The highest BCUT2D eigenvalue weighted by atomic mass is 19.1. The molecule has 3 rings (SSSR count). The van der Waals surface area contributed by atoms with Crippen molar-refractivity contribution in [2.24, 2.45) is 0 Å². The molecule has 0 spiro atoms. The third kappa shape index (κ3) is 6.12. The summed E-state index contributed by atoms with van der Waals surface area (Å²) in [6.07, 6.45) is 0.137. The predicted molar refractivity (Wildman–Crippen MR) is 121 cm³/mol. The number of rotatable bonds is 9. The molecule has 0 amide bonds. The molecule has 3 N–H and O–H groups in total. The number of halogens is 2. The molecule has 2 unspecified atom stereocenters. The van der Waals surface area contributed by atoms with Crippen molar-refractivity contribution in [1.29, 1.82) is 0 Å². The van der Waals surface area contributed by atoms with Gasteiger partial charge in [0, 0.05) is 23.7 Å². The number of hydrogen-bond donors (Lipinski definition) is 3. The normalized spacial score (nSPS) is 13.5. The van der Waals surface area contributed by atoms with E-state index in [2.05, 4.69) is 0 Å². The SMILES string of the molecule is CC(C)c1c(-c2ccc(F)cc2)nc(-c2ccc(F)cc2)n1C=CC(O)CC(O)CC(=O)O. The molecule has 0 aliphatic rings. The molecule has 0 fully saturated rings. The Morgan fingerprint density at radius 1 is 1.00 bits per heavy atom. The van der Waals surface area contributed by atoms with Gasteiger partial charge in [-0.1, -0.05) is 13.8 Å². The van der Waals surface area contributed by atoms with Crippen molar-refractivity contribution in [3.8, 4) is 22.6 Å². The van der Waals surface area contributed by atoms with Crippen molar-refractivity contribution in [1.82, 2.24) is 9.55 Å². The van der Waals surface area contributed by atoms with Crippen LogP contribution in [-0.2, 0) is 4.79 Å². The van der Waals surface area contributed by atoms with Gasteiger partial charge in [-0.2, -0.15) is 0 Å². The smallest absolute Gasteiger partial charge is 0.305 e. The zero-order valence-corrected chi connectivity index (χ0v) is 18.3. The standard InChI is InChI=1S/C25H26F2N2O4/c1-15(2)24-23(16-3-7-18(26)8-4-16)28-25(17-5-9-19(27)10-6-17)29(24)12-11-20(30)13-21(31)14-22(32)33/h3-12,15,20-21,30-31H,13-14H2,1-2H3,(H,32,33). The largest absolute Gasteiger partial charge is 0.481 e. The average Bonchev–Trinajstić information content (AvgIpc) is 3.12. The number of aliphatic hydroxyl groups excluding tert-OH is 2. The number of aromatic nitrogens is 2. The number of carboxylic acids is 1. The van der Waals surface area contributed by atoms with Crippen LogP contribution >= 0.6 is 0 Å². The van der Waals surface area contributed by atoms with Gasteiger partial charge in [-0.15, -0.1) is 0 Å². The Balaban J connectivity index is 2.08. The van der Waals surface area contributed by atoms with Crippen LogP contribution in [0, 0.1) is 11.6 Å². The van der Waals surface area contributed by atoms with Crippen molar-refractivity contribution in [2.45, 2.75) is 44.8 Å². The van der Waals surface area contributed by atoms with Gasteiger partial charge in [0.1, 0.15) is 17.5 Å². The van der Waals surface area contributed by atoms with E-state index in [0.717, 1.165) is 5.69 Å². The fourth-order valence-corrected chi connectivity index (χ4v) is 3.60. The van der Waals surface area contributed by atoms with E-state index in [0.29, 0.717) is 22.6 Å². The first kappa shape index (κ1) is 24.3. The van der Waals surface area contributed by atoms with Gasteiger partial charge in [0.15, 0.2) is 0 Å². The zero-order chi connectivity index (χ0) is 24.1. The number of aliphatic hydroxyl groups is 2. The summed E-state index contributed by atoms with van der Waals surface area (Å²) >= 11 is 0. The summed E-state index contributed by atoms with van der Waals surface area (Å²) in [5.74, 6) is -1.44. The number of nitrogens with zero attached hydrogens (tertiary/aromatic N) is 2. The Morgan fingerprint density at radius 3 is 2.06 bits per heavy atom. The number of aliphatic carboxylic acids is 1. The molecule has 0 aliphatic carbocycles. The topological polar surface area (TPSA) is 95.6 Å². The van der Waals surface area contributed by atoms with Crippen LogP contribution in [-0.4, -0.2) is 43.0 Å². The summed E-state index contributed by atoms with van der Waals surface area (Å²) < 4.78 is 28.8. The maximum absolute atomic E-state index is 13.5. The first-order valence-electron chi connectivity index (χ1n) is 10.6. The molecule has 1 heterocycles. The summed E-state index contributed by atoms with van der Waals surface area (Å²) in [6.45, 7) is 3.94. The molecular weight excluding hydrogens is 430 g/mol. The Labute approximate surface area is 190 Å². The monoisotopic (exact) mass is 456 g/mol. The lowest BCUT2D eigenvalue weighted by molar-refractivity contribution is -0.139. The number of carbonyl (C=O) groups is 1. The van der Waals surface area contributed by atoms with Crippen molar-refractivity contribution in [3.05, 3.63) is 71.9 Å². The van der Waals surface area contributed by atoms with Crippen LogP contribution in [0.15, 0.2) is 54.6 Å². The van der Waals surface area contributed by atoms with Gasteiger partial charge in [-0.05, 0) is 60.5 Å². The highest BCUT2D eigenvalue weighted by Gasteiger charge is 2.21. The molecule has 2 aromatic carbocycles. The highest BCUT2D eigenvalue weighted by molar-refractivity contribution is 5.71. The van der Waals surface area contributed by atoms with E-state index >= 15 is 0 Å². The van der Waals surface area contributed by atoms with Crippen LogP contribution in [0.2, 0.25) is 0 Å². The molecule has 174 valence electrons. The lowest BCUT2D eigenvalue weighted by Crippen LogP contribution is -2.19. The lowest BCUT2D eigenvalue weighted by Gasteiger charge is -2.14. The fraction of sp³-hybridized carbons (Fsp3) is 0.280. The maximum atomic E-state index is 13.5. The van der Waals surface area contributed by atoms with Gasteiger partial charge in [0.2, 0.25) is 0 Å². The fourth-order valence-electron chi connectivity index (χ4n) is 3.60. The minimum Gasteiger partial charge on any atom is -0.481 e. The quantitative estimate of drug-likeness (QED) is 0.435. The van der Waals surface area contributed by atoms with Crippen molar-refractivity contribution in [3.63, 3.8) is 0 Å². The molecule has 6 nitrogen and oxygen atoms in total. The molecule has 0 bridgehead atoms. The van der Waals surface area contributed by atoms with Crippen LogP contribution in [0.5, 0.6) is 0 Å². The summed E-state index contributed by atoms with van der Waals surface area (Å²) in [5.41, 5.74) is 2.74. The molecule has 0 saturated carbocycles. The third-order valence-electron chi connectivity index (χ3n) is 5.10. The number of benzene rings is 2. The van der Waals surface area contributed by atoms with Crippen molar-refractivity contribution in [2.75, 3.05) is 0 Å². The molecule has 0 saturated heterocycles. The predicted octanol–water partition coefficient (Wildman–Crippen LogP) is 4.68. The van der Waals surface area contributed by atoms with E-state index in [1.165, 1.54) is 30.3 Å². The minimum atomic E-state index is -1.19. The molecule has 8 heteroatoms. The molecule has 33 heavy (non-hydrogen) atoms. The molecule has 0 aliphatic heterocycles. The van der Waals surface area contributed by atoms with Gasteiger partial charge in [0.05, 0.1) is 30.0 Å². The molecule has 2 atom stereocenters. The average molecular weight is 456 g/mol. The Kier molecular flexibility index (Phi) is 7.73. The maximum Gasteiger partial charge on any atom is 0.305 e. The second-order valence-electron chi connectivity index (χ2n) is 8.10. The van der Waals surface area contributed by atoms with E-state index in [-0.39, 0.29) is 18.2 Å². The van der Waals surface area contributed by atoms with E-state index < -0.39 is 30.4 Å². The van der Waals surface area contributed by atoms with Crippen molar-refractivity contribution < 1.29 is 28.9 Å². The highest BCUT2D eigenvalue weighted by Crippen LogP contribution is 2.34. The summed E-state index contributed by atoms with van der Waals surface area (Å²) in [5, 5.41) is 28.9. The first-order valence-corrected chi connectivity index (χ1v) is 10.6. The Morgan fingerprint density at radius 2 is 1.55 bits per heavy atom. The molecular formula is C25H26F2N2O4. The summed E-state index contributed by atoms with van der Waals surface area (Å²) in [4.78, 5) is 15.5. The van der Waals surface area contributed by atoms with E-state index in [1.807, 2.05) is 13.8 Å². The summed E-state index contributed by atoms with van der Waals surface area (Å²) in [6, 6.07) is 11.8. The summed E-state index contributed by atoms with van der Waals surface area (Å²) in [7, 11) is 0. The van der Waals surface area contributed by atoms with Gasteiger partial charge < -0.3 is 19.9 Å². The first-order chi connectivity index (χ1) is 15.7. The lowest BCUT2D eigenvalue weighted by atomic mass is 10.0. The van der Waals surface area contributed by atoms with Gasteiger partial charge in [-0.3, -0.25) is 4.79 Å². The number of carboxylic acid groups (broad SMARTS) is 1. The van der Waals surface area contributed by atoms with Crippen LogP contribution in [0.3, 0.4) is 0 Å². The van der Waals surface area contributed by atoms with Crippen molar-refractivity contribution >= 4 is 12.2 Å². The minimum absolute atomic E-state index is 0.0221. The van der Waals surface area contributed by atoms with Gasteiger partial charge >= 0.3 is 5.97 Å². The van der Waals surface area contributed by atoms with E-state index in [4.69, 9.17) is 10.1 Å². The Bertz CT molecular complexity index is 1120. The number of imidazole rings is 1. The number of hydrogen-bond acceptors (Lipinski definition) is 4. The van der Waals surface area contributed by atoms with Crippen LogP contribution < -0.4 is 0 Å².